The highest BCUT2D eigenvalue weighted by Gasteiger charge is 2.28. The minimum Gasteiger partial charge on any atom is -0.342 e. The summed E-state index contributed by atoms with van der Waals surface area (Å²) in [6.07, 6.45) is 0.631. The monoisotopic (exact) mass is 368 g/mol. The number of nitrogens with zero attached hydrogens (tertiary/aromatic N) is 4. The van der Waals surface area contributed by atoms with Gasteiger partial charge in [-0.05, 0) is 25.1 Å². The predicted octanol–water partition coefficient (Wildman–Crippen LogP) is 0.422. The number of aryl methyl sites for hydroxylation is 1. The fourth-order valence-corrected chi connectivity index (χ4v) is 3.38. The molecule has 9 heteroatoms. The molecule has 2 aliphatic heterocycles. The number of carbonyl (C=O) groups is 3. The van der Waals surface area contributed by atoms with Crippen molar-refractivity contribution in [2.24, 2.45) is 5.10 Å². The molecule has 0 atom stereocenters. The van der Waals surface area contributed by atoms with E-state index in [1.807, 2.05) is 19.1 Å². The van der Waals surface area contributed by atoms with Crippen LogP contribution in [-0.4, -0.2) is 69.4 Å². The van der Waals surface area contributed by atoms with Gasteiger partial charge in [0.05, 0.1) is 11.0 Å². The van der Waals surface area contributed by atoms with Crippen molar-refractivity contribution < 1.29 is 14.4 Å². The van der Waals surface area contributed by atoms with E-state index in [0.29, 0.717) is 43.9 Å². The average Bonchev–Trinajstić information content (AvgIpc) is 3.07. The summed E-state index contributed by atoms with van der Waals surface area (Å²) in [5.74, 6) is 0.407. The van der Waals surface area contributed by atoms with Crippen LogP contribution in [0.3, 0.4) is 0 Å². The number of fused-ring (bicyclic) bond motifs is 1. The Balaban J connectivity index is 1.40. The highest BCUT2D eigenvalue weighted by Crippen LogP contribution is 2.16. The van der Waals surface area contributed by atoms with Gasteiger partial charge in [-0.2, -0.15) is 5.10 Å². The molecule has 0 spiro atoms. The predicted molar refractivity (Wildman–Crippen MR) is 98.1 cm³/mol. The van der Waals surface area contributed by atoms with Gasteiger partial charge in [-0.1, -0.05) is 0 Å². The number of amides is 3. The molecule has 2 aromatic rings. The molecule has 3 heterocycles. The highest BCUT2D eigenvalue weighted by molar-refractivity contribution is 6.39. The van der Waals surface area contributed by atoms with Gasteiger partial charge in [0.2, 0.25) is 5.91 Å². The molecule has 1 aromatic carbocycles. The molecule has 3 amide bonds. The van der Waals surface area contributed by atoms with Crippen LogP contribution in [0.25, 0.3) is 11.0 Å². The van der Waals surface area contributed by atoms with Crippen LogP contribution < -0.4 is 5.43 Å². The molecule has 1 aromatic heterocycles. The quantitative estimate of drug-likeness (QED) is 0.800. The second-order valence-electron chi connectivity index (χ2n) is 6.73. The normalized spacial score (nSPS) is 17.7. The lowest BCUT2D eigenvalue weighted by Crippen LogP contribution is -2.52. The summed E-state index contributed by atoms with van der Waals surface area (Å²) in [5, 5.41) is 3.85. The van der Waals surface area contributed by atoms with Crippen molar-refractivity contribution in [3.8, 4) is 0 Å². The van der Waals surface area contributed by atoms with Crippen LogP contribution in [0.15, 0.2) is 23.3 Å². The Labute approximate surface area is 155 Å². The molecular formula is C18H20N6O3. The molecule has 27 heavy (non-hydrogen) atoms. The van der Waals surface area contributed by atoms with Crippen LogP contribution in [0.5, 0.6) is 0 Å². The van der Waals surface area contributed by atoms with Gasteiger partial charge in [-0.3, -0.25) is 14.4 Å². The first kappa shape index (κ1) is 17.2. The molecule has 0 radical (unpaired) electrons. The average molecular weight is 368 g/mol. The van der Waals surface area contributed by atoms with Crippen molar-refractivity contribution in [2.45, 2.75) is 19.8 Å². The summed E-state index contributed by atoms with van der Waals surface area (Å²) >= 11 is 0. The smallest absolute Gasteiger partial charge is 0.270 e. The number of H-pyrrole nitrogens is 1. The zero-order valence-corrected chi connectivity index (χ0v) is 15.0. The third kappa shape index (κ3) is 3.40. The Hall–Kier alpha value is -3.23. The Morgan fingerprint density at radius 1 is 1.04 bits per heavy atom. The Bertz CT molecular complexity index is 955. The molecule has 1 saturated heterocycles. The van der Waals surface area contributed by atoms with Crippen molar-refractivity contribution >= 4 is 34.5 Å². The number of carbonyl (C=O) groups excluding carboxylic acids is 3. The minimum atomic E-state index is -0.175. The van der Waals surface area contributed by atoms with Crippen LogP contribution in [0.1, 0.15) is 29.0 Å². The summed E-state index contributed by atoms with van der Waals surface area (Å²) in [6.45, 7) is 3.69. The molecule has 0 aliphatic carbocycles. The van der Waals surface area contributed by atoms with E-state index in [-0.39, 0.29) is 24.1 Å². The van der Waals surface area contributed by atoms with Crippen LogP contribution in [0, 0.1) is 6.92 Å². The maximum atomic E-state index is 12.8. The van der Waals surface area contributed by atoms with E-state index in [1.54, 1.807) is 15.9 Å². The van der Waals surface area contributed by atoms with Gasteiger partial charge in [0, 0.05) is 44.6 Å². The molecule has 0 bridgehead atoms. The maximum absolute atomic E-state index is 12.8. The van der Waals surface area contributed by atoms with Gasteiger partial charge >= 0.3 is 0 Å². The number of hydrogen-bond acceptors (Lipinski definition) is 5. The largest absolute Gasteiger partial charge is 0.342 e. The fourth-order valence-electron chi connectivity index (χ4n) is 3.38. The SMILES string of the molecule is Cc1nc2ccc(C(=O)N3CCN(C(=O)C4=NNC(=O)CC4)CC3)cc2[nH]1. The minimum absolute atomic E-state index is 0.0569. The first-order valence-electron chi connectivity index (χ1n) is 8.91. The van der Waals surface area contributed by atoms with Gasteiger partial charge in [-0.15, -0.1) is 0 Å². The molecule has 2 N–H and O–H groups in total. The van der Waals surface area contributed by atoms with Gasteiger partial charge in [0.1, 0.15) is 11.5 Å². The number of aromatic nitrogens is 2. The number of nitrogens with one attached hydrogen (secondary N) is 2. The number of hydrazone groups is 1. The van der Waals surface area contributed by atoms with Gasteiger partial charge in [-0.25, -0.2) is 10.4 Å². The third-order valence-corrected chi connectivity index (χ3v) is 4.85. The number of benzene rings is 1. The summed E-state index contributed by atoms with van der Waals surface area (Å²) in [4.78, 5) is 47.3. The van der Waals surface area contributed by atoms with Crippen molar-refractivity contribution in [3.05, 3.63) is 29.6 Å². The highest BCUT2D eigenvalue weighted by atomic mass is 16.2. The lowest BCUT2D eigenvalue weighted by Gasteiger charge is -2.35. The lowest BCUT2D eigenvalue weighted by molar-refractivity contribution is -0.126. The van der Waals surface area contributed by atoms with Gasteiger partial charge < -0.3 is 14.8 Å². The van der Waals surface area contributed by atoms with Crippen molar-refractivity contribution in [1.29, 1.82) is 0 Å². The number of imidazole rings is 1. The summed E-state index contributed by atoms with van der Waals surface area (Å²) in [6, 6.07) is 5.43. The maximum Gasteiger partial charge on any atom is 0.270 e. The topological polar surface area (TPSA) is 111 Å². The summed E-state index contributed by atoms with van der Waals surface area (Å²) in [7, 11) is 0. The zero-order chi connectivity index (χ0) is 19.0. The fraction of sp³-hybridized carbons (Fsp3) is 0.389. The van der Waals surface area contributed by atoms with Gasteiger partial charge in [0.15, 0.2) is 0 Å². The molecule has 2 aliphatic rings. The summed E-state index contributed by atoms with van der Waals surface area (Å²) in [5.41, 5.74) is 4.99. The van der Waals surface area contributed by atoms with Crippen LogP contribution in [0.2, 0.25) is 0 Å². The number of rotatable bonds is 2. The third-order valence-electron chi connectivity index (χ3n) is 4.85. The first-order chi connectivity index (χ1) is 13.0. The van der Waals surface area contributed by atoms with Crippen LogP contribution >= 0.6 is 0 Å². The van der Waals surface area contributed by atoms with E-state index >= 15 is 0 Å². The van der Waals surface area contributed by atoms with E-state index in [9.17, 15) is 14.4 Å². The van der Waals surface area contributed by atoms with Crippen molar-refractivity contribution in [3.63, 3.8) is 0 Å². The van der Waals surface area contributed by atoms with E-state index < -0.39 is 0 Å². The zero-order valence-electron chi connectivity index (χ0n) is 15.0. The lowest BCUT2D eigenvalue weighted by atomic mass is 10.1. The first-order valence-corrected chi connectivity index (χ1v) is 8.91. The number of aromatic amines is 1. The molecule has 9 nitrogen and oxygen atoms in total. The van der Waals surface area contributed by atoms with Crippen LogP contribution in [-0.2, 0) is 9.59 Å². The van der Waals surface area contributed by atoms with E-state index in [4.69, 9.17) is 0 Å². The van der Waals surface area contributed by atoms with Crippen molar-refractivity contribution in [1.82, 2.24) is 25.2 Å². The molecule has 4 rings (SSSR count). The number of piperazine rings is 1. The number of hydrogen-bond donors (Lipinski definition) is 2. The molecule has 140 valence electrons. The Morgan fingerprint density at radius 2 is 1.74 bits per heavy atom. The second kappa shape index (κ2) is 6.82. The molecule has 0 saturated carbocycles. The van der Waals surface area contributed by atoms with E-state index in [2.05, 4.69) is 20.5 Å². The summed E-state index contributed by atoms with van der Waals surface area (Å²) < 4.78 is 0. The Kier molecular flexibility index (Phi) is 4.35. The van der Waals surface area contributed by atoms with Crippen LogP contribution in [0.4, 0.5) is 0 Å². The second-order valence-corrected chi connectivity index (χ2v) is 6.73. The Morgan fingerprint density at radius 3 is 2.41 bits per heavy atom. The van der Waals surface area contributed by atoms with Gasteiger partial charge in [0.25, 0.3) is 11.8 Å². The molecule has 1 fully saturated rings. The van der Waals surface area contributed by atoms with E-state index in [1.165, 1.54) is 0 Å². The van der Waals surface area contributed by atoms with Crippen molar-refractivity contribution in [2.75, 3.05) is 26.2 Å². The van der Waals surface area contributed by atoms with E-state index in [0.717, 1.165) is 16.9 Å². The molecular weight excluding hydrogens is 348 g/mol. The molecule has 0 unspecified atom stereocenters. The standard InChI is InChI=1S/C18H20N6O3/c1-11-19-13-3-2-12(10-15(13)20-11)17(26)23-6-8-24(9-7-23)18(27)14-4-5-16(25)22-21-14/h2-3,10H,4-9H2,1H3,(H,19,20)(H,22,25).